The Morgan fingerprint density at radius 2 is 1.93 bits per heavy atom. The van der Waals surface area contributed by atoms with E-state index in [9.17, 15) is 21.6 Å². The van der Waals surface area contributed by atoms with Gasteiger partial charge in [-0.1, -0.05) is 0 Å². The maximum Gasteiger partial charge on any atom is 0.435 e. The summed E-state index contributed by atoms with van der Waals surface area (Å²) in [5, 5.41) is 2.61. The topological polar surface area (TPSA) is 52.0 Å². The number of halogens is 3. The lowest BCUT2D eigenvalue weighted by molar-refractivity contribution is -0.141. The van der Waals surface area contributed by atoms with Crippen LogP contribution in [0.4, 0.5) is 13.2 Å². The first-order valence-corrected chi connectivity index (χ1v) is 5.33. The minimum atomic E-state index is -4.62. The molecular weight excluding hydrogens is 221 g/mol. The van der Waals surface area contributed by atoms with Crippen molar-refractivity contribution in [3.8, 4) is 0 Å². The fourth-order valence-electron chi connectivity index (χ4n) is 0.936. The van der Waals surface area contributed by atoms with E-state index in [1.165, 1.54) is 0 Å². The van der Waals surface area contributed by atoms with Crippen molar-refractivity contribution in [3.05, 3.63) is 11.8 Å². The lowest BCUT2D eigenvalue weighted by Gasteiger charge is -1.98. The molecule has 0 bridgehead atoms. The molecule has 0 unspecified atom stereocenters. The van der Waals surface area contributed by atoms with Crippen LogP contribution < -0.4 is 0 Å². The van der Waals surface area contributed by atoms with Crippen LogP contribution in [0.5, 0.6) is 0 Å². The van der Waals surface area contributed by atoms with E-state index in [0.717, 1.165) is 13.3 Å². The molecule has 0 aliphatic carbocycles. The van der Waals surface area contributed by atoms with Crippen molar-refractivity contribution in [1.82, 2.24) is 9.78 Å². The molecular formula is C6H7F3N2O2S. The lowest BCUT2D eigenvalue weighted by atomic mass is 10.4. The van der Waals surface area contributed by atoms with Crippen molar-refractivity contribution in [1.29, 1.82) is 0 Å². The van der Waals surface area contributed by atoms with Gasteiger partial charge >= 0.3 is 6.18 Å². The average molecular weight is 228 g/mol. The van der Waals surface area contributed by atoms with E-state index in [4.69, 9.17) is 0 Å². The molecule has 8 heteroatoms. The first kappa shape index (κ1) is 11.0. The van der Waals surface area contributed by atoms with Crippen LogP contribution in [0.2, 0.25) is 0 Å². The molecule has 1 rings (SSSR count). The highest BCUT2D eigenvalue weighted by molar-refractivity contribution is 7.90. The number of aryl methyl sites for hydroxylation is 1. The van der Waals surface area contributed by atoms with Gasteiger partial charge in [-0.05, 0) is 0 Å². The third-order valence-electron chi connectivity index (χ3n) is 1.51. The summed E-state index contributed by atoms with van der Waals surface area (Å²) in [5.74, 6) is 0. The molecule has 0 fully saturated rings. The Morgan fingerprint density at radius 1 is 1.43 bits per heavy atom. The lowest BCUT2D eigenvalue weighted by Crippen LogP contribution is -2.07. The molecule has 0 spiro atoms. The monoisotopic (exact) mass is 228 g/mol. The molecule has 0 saturated carbocycles. The van der Waals surface area contributed by atoms with Crippen LogP contribution in [0.15, 0.2) is 11.1 Å². The molecule has 1 aromatic rings. The van der Waals surface area contributed by atoms with E-state index < -0.39 is 26.7 Å². The third-order valence-corrected chi connectivity index (χ3v) is 2.65. The largest absolute Gasteiger partial charge is 0.435 e. The van der Waals surface area contributed by atoms with E-state index in [-0.39, 0.29) is 0 Å². The summed E-state index contributed by atoms with van der Waals surface area (Å²) in [6.45, 7) is 0. The molecule has 0 saturated heterocycles. The van der Waals surface area contributed by atoms with Gasteiger partial charge in [-0.15, -0.1) is 0 Å². The van der Waals surface area contributed by atoms with Gasteiger partial charge in [0.25, 0.3) is 0 Å². The molecule has 0 atom stereocenters. The van der Waals surface area contributed by atoms with Gasteiger partial charge in [0.05, 0.1) is 0 Å². The first-order chi connectivity index (χ1) is 6.12. The number of alkyl halides is 3. The zero-order valence-corrected chi connectivity index (χ0v) is 8.15. The maximum atomic E-state index is 12.1. The summed E-state index contributed by atoms with van der Waals surface area (Å²) >= 11 is 0. The molecule has 80 valence electrons. The molecule has 4 nitrogen and oxygen atoms in total. The fraction of sp³-hybridized carbons (Fsp3) is 0.500. The predicted octanol–water partition coefficient (Wildman–Crippen LogP) is 0.842. The molecule has 14 heavy (non-hydrogen) atoms. The van der Waals surface area contributed by atoms with Crippen molar-refractivity contribution in [2.45, 2.75) is 11.2 Å². The number of aromatic nitrogens is 2. The second-order valence-electron chi connectivity index (χ2n) is 2.76. The summed E-state index contributed by atoms with van der Waals surface area (Å²) < 4.78 is 58.9. The van der Waals surface area contributed by atoms with Crippen molar-refractivity contribution >= 4 is 9.84 Å². The fourth-order valence-corrected chi connectivity index (χ4v) is 1.78. The van der Waals surface area contributed by atoms with Gasteiger partial charge in [0, 0.05) is 19.4 Å². The van der Waals surface area contributed by atoms with Crippen molar-refractivity contribution in [2.75, 3.05) is 6.26 Å². The summed E-state index contributed by atoms with van der Waals surface area (Å²) in [6, 6.07) is 0.509. The SMILES string of the molecule is Cn1nc(C(F)(F)F)cc1S(C)(=O)=O. The van der Waals surface area contributed by atoms with Gasteiger partial charge in [-0.25, -0.2) is 8.42 Å². The number of hydrogen-bond acceptors (Lipinski definition) is 3. The molecule has 0 radical (unpaired) electrons. The van der Waals surface area contributed by atoms with E-state index in [1.807, 2.05) is 0 Å². The van der Waals surface area contributed by atoms with Gasteiger partial charge < -0.3 is 0 Å². The van der Waals surface area contributed by atoms with Gasteiger partial charge in [-0.3, -0.25) is 4.68 Å². The van der Waals surface area contributed by atoms with Crippen LogP contribution in [0, 0.1) is 0 Å². The van der Waals surface area contributed by atoms with Crippen LogP contribution in [-0.2, 0) is 23.1 Å². The second-order valence-corrected chi connectivity index (χ2v) is 4.72. The Morgan fingerprint density at radius 3 is 2.14 bits per heavy atom. The van der Waals surface area contributed by atoms with Gasteiger partial charge in [-0.2, -0.15) is 18.3 Å². The average Bonchev–Trinajstić information content (AvgIpc) is 2.27. The van der Waals surface area contributed by atoms with Gasteiger partial charge in [0.2, 0.25) is 0 Å². The van der Waals surface area contributed by atoms with Crippen molar-refractivity contribution < 1.29 is 21.6 Å². The van der Waals surface area contributed by atoms with E-state index in [2.05, 4.69) is 5.10 Å². The standard InChI is InChI=1S/C6H7F3N2O2S/c1-11-5(14(2,12)13)3-4(10-11)6(7,8)9/h3H,1-2H3. The zero-order chi connectivity index (χ0) is 11.1. The Bertz CT molecular complexity index is 446. The maximum absolute atomic E-state index is 12.1. The molecule has 0 aliphatic heterocycles. The van der Waals surface area contributed by atoms with Gasteiger partial charge in [0.1, 0.15) is 0 Å². The zero-order valence-electron chi connectivity index (χ0n) is 7.33. The van der Waals surface area contributed by atoms with Crippen molar-refractivity contribution in [3.63, 3.8) is 0 Å². The first-order valence-electron chi connectivity index (χ1n) is 3.43. The Kier molecular flexibility index (Phi) is 2.34. The highest BCUT2D eigenvalue weighted by Crippen LogP contribution is 2.29. The van der Waals surface area contributed by atoms with Crippen LogP contribution in [0.25, 0.3) is 0 Å². The van der Waals surface area contributed by atoms with Crippen LogP contribution in [0.3, 0.4) is 0 Å². The summed E-state index contributed by atoms with van der Waals surface area (Å²) in [5.41, 5.74) is -1.21. The Labute approximate surface area is 78.3 Å². The summed E-state index contributed by atoms with van der Waals surface area (Å²) in [4.78, 5) is 0. The molecule has 1 aromatic heterocycles. The van der Waals surface area contributed by atoms with Crippen LogP contribution in [-0.4, -0.2) is 24.5 Å². The normalized spacial score (nSPS) is 13.2. The minimum Gasteiger partial charge on any atom is -0.257 e. The van der Waals surface area contributed by atoms with E-state index in [0.29, 0.717) is 10.7 Å². The number of nitrogens with zero attached hydrogens (tertiary/aromatic N) is 2. The van der Waals surface area contributed by atoms with Crippen LogP contribution in [0.1, 0.15) is 5.69 Å². The minimum absolute atomic E-state index is 0.454. The Balaban J connectivity index is 3.33. The molecule has 1 heterocycles. The van der Waals surface area contributed by atoms with Crippen molar-refractivity contribution in [2.24, 2.45) is 7.05 Å². The predicted molar refractivity (Wildman–Crippen MR) is 41.3 cm³/mol. The van der Waals surface area contributed by atoms with E-state index in [1.54, 1.807) is 0 Å². The van der Waals surface area contributed by atoms with Crippen LogP contribution >= 0.6 is 0 Å². The third kappa shape index (κ3) is 2.06. The Hall–Kier alpha value is -1.05. The van der Waals surface area contributed by atoms with Gasteiger partial charge in [0.15, 0.2) is 20.6 Å². The molecule has 0 aliphatic rings. The number of hydrogen-bond donors (Lipinski definition) is 0. The molecule has 0 amide bonds. The number of sulfone groups is 1. The highest BCUT2D eigenvalue weighted by Gasteiger charge is 2.35. The quantitative estimate of drug-likeness (QED) is 0.715. The smallest absolute Gasteiger partial charge is 0.257 e. The van der Waals surface area contributed by atoms with E-state index >= 15 is 0 Å². The summed E-state index contributed by atoms with van der Waals surface area (Å²) in [6.07, 6.45) is -3.80. The summed E-state index contributed by atoms with van der Waals surface area (Å²) in [7, 11) is -2.53. The number of rotatable bonds is 1. The molecule has 0 N–H and O–H groups in total. The molecule has 0 aromatic carbocycles. The second kappa shape index (κ2) is 2.97. The highest BCUT2D eigenvalue weighted by atomic mass is 32.2.